The van der Waals surface area contributed by atoms with Gasteiger partial charge in [0.15, 0.2) is 6.10 Å². The van der Waals surface area contributed by atoms with Crippen LogP contribution in [-0.2, 0) is 28.6 Å². The zero-order valence-corrected chi connectivity index (χ0v) is 50.3. The fourth-order valence-corrected chi connectivity index (χ4v) is 7.77. The molecule has 0 aliphatic carbocycles. The summed E-state index contributed by atoms with van der Waals surface area (Å²) in [5.74, 6) is -1.05. The van der Waals surface area contributed by atoms with Gasteiger partial charge in [-0.15, -0.1) is 0 Å². The Labute approximate surface area is 484 Å². The van der Waals surface area contributed by atoms with E-state index in [-0.39, 0.29) is 31.6 Å². The number of esters is 3. The monoisotopic (exact) mass is 1080 g/mol. The van der Waals surface area contributed by atoms with E-state index in [9.17, 15) is 14.4 Å². The summed E-state index contributed by atoms with van der Waals surface area (Å²) < 4.78 is 16.7. The number of carbonyl (C=O) groups excluding carboxylic acids is 3. The lowest BCUT2D eigenvalue weighted by molar-refractivity contribution is -0.166. The number of hydrogen-bond acceptors (Lipinski definition) is 6. The highest BCUT2D eigenvalue weighted by Crippen LogP contribution is 2.12. The van der Waals surface area contributed by atoms with E-state index in [2.05, 4.69) is 191 Å². The maximum Gasteiger partial charge on any atom is 0.306 e. The van der Waals surface area contributed by atoms with Crippen molar-refractivity contribution < 1.29 is 28.6 Å². The number of unbranched alkanes of at least 4 members (excludes halogenated alkanes) is 13. The lowest BCUT2D eigenvalue weighted by Crippen LogP contribution is -2.30. The third kappa shape index (κ3) is 63.2. The van der Waals surface area contributed by atoms with Crippen molar-refractivity contribution >= 4 is 17.9 Å². The van der Waals surface area contributed by atoms with Crippen molar-refractivity contribution in [1.82, 2.24) is 0 Å². The molecule has 0 aliphatic rings. The zero-order chi connectivity index (χ0) is 57.1. The Morgan fingerprint density at radius 1 is 0.266 bits per heavy atom. The fraction of sp³-hybridized carbons (Fsp3) is 0.548. The molecule has 0 amide bonds. The predicted octanol–water partition coefficient (Wildman–Crippen LogP) is 21.7. The van der Waals surface area contributed by atoms with E-state index in [4.69, 9.17) is 14.2 Å². The van der Waals surface area contributed by atoms with Crippen LogP contribution in [0.4, 0.5) is 0 Å². The van der Waals surface area contributed by atoms with Gasteiger partial charge in [-0.2, -0.15) is 0 Å². The van der Waals surface area contributed by atoms with Crippen molar-refractivity contribution in [3.63, 3.8) is 0 Å². The summed E-state index contributed by atoms with van der Waals surface area (Å²) in [6.45, 7) is 6.28. The van der Waals surface area contributed by atoms with E-state index < -0.39 is 12.1 Å². The molecule has 0 N–H and O–H groups in total. The van der Waals surface area contributed by atoms with Crippen LogP contribution < -0.4 is 0 Å². The molecule has 0 aliphatic heterocycles. The Morgan fingerprint density at radius 2 is 0.519 bits per heavy atom. The van der Waals surface area contributed by atoms with E-state index in [1.54, 1.807) is 0 Å². The second-order valence-corrected chi connectivity index (χ2v) is 19.8. The first-order chi connectivity index (χ1) is 39.0. The number of rotatable bonds is 54. The Hall–Kier alpha value is -5.49. The first kappa shape index (κ1) is 73.5. The van der Waals surface area contributed by atoms with Gasteiger partial charge in [0.25, 0.3) is 0 Å². The average molecular weight is 1090 g/mol. The molecule has 0 fully saturated rings. The van der Waals surface area contributed by atoms with Crippen LogP contribution in [0.1, 0.15) is 239 Å². The van der Waals surface area contributed by atoms with E-state index >= 15 is 0 Å². The fourth-order valence-electron chi connectivity index (χ4n) is 7.77. The van der Waals surface area contributed by atoms with Gasteiger partial charge in [0.05, 0.1) is 0 Å². The molecule has 0 saturated carbocycles. The van der Waals surface area contributed by atoms with Gasteiger partial charge in [0.1, 0.15) is 13.2 Å². The van der Waals surface area contributed by atoms with Crippen LogP contribution in [0.15, 0.2) is 182 Å². The van der Waals surface area contributed by atoms with Gasteiger partial charge in [-0.25, -0.2) is 0 Å². The lowest BCUT2D eigenvalue weighted by Gasteiger charge is -2.18. The SMILES string of the molecule is CC/C=C\C/C=C\C/C=C\C/C=C\C/C=C\C/C=C\C/C=C\C/C=C\C/C=C\C/C=C\CCCCCCC(=O)OCC(COC(=O)CCCCCCC/C=C\CCCCCC)OC(=O)CC/C=C\C/C=C\C/C=C\C/C=C\CC. The van der Waals surface area contributed by atoms with Gasteiger partial charge >= 0.3 is 17.9 Å². The lowest BCUT2D eigenvalue weighted by atomic mass is 10.1. The predicted molar refractivity (Wildman–Crippen MR) is 343 cm³/mol. The maximum atomic E-state index is 12.8. The summed E-state index contributed by atoms with van der Waals surface area (Å²) in [6, 6.07) is 0. The van der Waals surface area contributed by atoms with E-state index in [1.165, 1.54) is 38.5 Å². The maximum absolute atomic E-state index is 12.8. The van der Waals surface area contributed by atoms with Crippen molar-refractivity contribution in [2.24, 2.45) is 0 Å². The van der Waals surface area contributed by atoms with Crippen LogP contribution in [0.5, 0.6) is 0 Å². The zero-order valence-electron chi connectivity index (χ0n) is 50.3. The second kappa shape index (κ2) is 65.0. The average Bonchev–Trinajstić information content (AvgIpc) is 3.45. The van der Waals surface area contributed by atoms with Crippen molar-refractivity contribution in [1.29, 1.82) is 0 Å². The molecule has 440 valence electrons. The smallest absolute Gasteiger partial charge is 0.306 e. The molecular formula is C73H112O6. The molecule has 0 aromatic heterocycles. The Bertz CT molecular complexity index is 1870. The van der Waals surface area contributed by atoms with Gasteiger partial charge in [-0.3, -0.25) is 14.4 Å². The Morgan fingerprint density at radius 3 is 0.835 bits per heavy atom. The highest BCUT2D eigenvalue weighted by Gasteiger charge is 2.19. The molecule has 0 bridgehead atoms. The standard InChI is InChI=1S/C73H112O6/c1-4-7-10-13-16-19-22-25-26-27-28-29-30-31-32-33-34-35-36-37-38-39-40-41-42-43-44-45-46-49-51-54-57-60-63-66-72(75)78-69-70(79-73(76)67-64-61-58-55-52-48-24-21-18-15-12-9-6-3)68-77-71(74)65-62-59-56-53-50-47-23-20-17-14-11-8-5-2/h7,9-10,12,16,18-21,23,25-26,28-29,31-32,34-35,37-38,40-41,43-44,46,48-49,52,58,61,70H,4-6,8,11,13-15,17,22,24,27,30,33,36,39,42,45,47,50-51,53-57,59-60,62-69H2,1-3H3/b10-7-,12-9-,19-16-,21-18-,23-20-,26-25-,29-28-,32-31-,35-34-,38-37-,41-40-,44-43-,49-46-,52-48-,61-58-. The first-order valence-corrected chi connectivity index (χ1v) is 31.3. The topological polar surface area (TPSA) is 78.9 Å². The Balaban J connectivity index is 4.36. The summed E-state index contributed by atoms with van der Waals surface area (Å²) in [4.78, 5) is 38.1. The highest BCUT2D eigenvalue weighted by atomic mass is 16.6. The van der Waals surface area contributed by atoms with Crippen LogP contribution in [-0.4, -0.2) is 37.2 Å². The second-order valence-electron chi connectivity index (χ2n) is 19.8. The molecule has 0 spiro atoms. The minimum atomic E-state index is -0.839. The van der Waals surface area contributed by atoms with Crippen LogP contribution in [0.2, 0.25) is 0 Å². The van der Waals surface area contributed by atoms with E-state index in [0.717, 1.165) is 154 Å². The summed E-state index contributed by atoms with van der Waals surface area (Å²) in [5.41, 5.74) is 0. The third-order valence-corrected chi connectivity index (χ3v) is 12.4. The van der Waals surface area contributed by atoms with Crippen LogP contribution >= 0.6 is 0 Å². The summed E-state index contributed by atoms with van der Waals surface area (Å²) >= 11 is 0. The molecule has 0 saturated heterocycles. The van der Waals surface area contributed by atoms with Crippen molar-refractivity contribution in [3.8, 4) is 0 Å². The van der Waals surface area contributed by atoms with Crippen molar-refractivity contribution in [2.45, 2.75) is 245 Å². The molecule has 6 heteroatoms. The largest absolute Gasteiger partial charge is 0.462 e. The van der Waals surface area contributed by atoms with Gasteiger partial charge < -0.3 is 14.2 Å². The summed E-state index contributed by atoms with van der Waals surface area (Å²) in [7, 11) is 0. The number of ether oxygens (including phenoxy) is 3. The molecule has 0 aromatic carbocycles. The van der Waals surface area contributed by atoms with Crippen LogP contribution in [0.25, 0.3) is 0 Å². The summed E-state index contributed by atoms with van der Waals surface area (Å²) in [6.07, 6.45) is 97.8. The molecule has 6 nitrogen and oxygen atoms in total. The molecule has 0 radical (unpaired) electrons. The first-order valence-electron chi connectivity index (χ1n) is 31.3. The molecular weight excluding hydrogens is 973 g/mol. The molecule has 0 aromatic rings. The van der Waals surface area contributed by atoms with Crippen LogP contribution in [0, 0.1) is 0 Å². The van der Waals surface area contributed by atoms with Gasteiger partial charge in [-0.1, -0.05) is 254 Å². The normalized spacial score (nSPS) is 13.4. The minimum Gasteiger partial charge on any atom is -0.462 e. The molecule has 1 unspecified atom stereocenters. The molecule has 79 heavy (non-hydrogen) atoms. The third-order valence-electron chi connectivity index (χ3n) is 12.4. The van der Waals surface area contributed by atoms with Gasteiger partial charge in [-0.05, 0) is 148 Å². The number of allylic oxidation sites excluding steroid dienone is 30. The van der Waals surface area contributed by atoms with Crippen molar-refractivity contribution in [2.75, 3.05) is 13.2 Å². The van der Waals surface area contributed by atoms with Crippen LogP contribution in [0.3, 0.4) is 0 Å². The van der Waals surface area contributed by atoms with Crippen molar-refractivity contribution in [3.05, 3.63) is 182 Å². The molecule has 1 atom stereocenters. The quantitative estimate of drug-likeness (QED) is 0.0261. The molecule has 0 rings (SSSR count). The number of carbonyl (C=O) groups is 3. The van der Waals surface area contributed by atoms with Gasteiger partial charge in [0, 0.05) is 19.3 Å². The van der Waals surface area contributed by atoms with E-state index in [0.29, 0.717) is 19.3 Å². The number of hydrogen-bond donors (Lipinski definition) is 0. The molecule has 0 heterocycles. The highest BCUT2D eigenvalue weighted by molar-refractivity contribution is 5.71. The Kier molecular flexibility index (Phi) is 60.5. The van der Waals surface area contributed by atoms with E-state index in [1.807, 2.05) is 12.2 Å². The minimum absolute atomic E-state index is 0.127. The van der Waals surface area contributed by atoms with Gasteiger partial charge in [0.2, 0.25) is 0 Å². The summed E-state index contributed by atoms with van der Waals surface area (Å²) in [5, 5.41) is 0.